The van der Waals surface area contributed by atoms with Gasteiger partial charge in [-0.15, -0.1) is 0 Å². The molecule has 0 spiro atoms. The summed E-state index contributed by atoms with van der Waals surface area (Å²) in [6.07, 6.45) is 1.58. The fraction of sp³-hybridized carbons (Fsp3) is 0.213. The van der Waals surface area contributed by atoms with Gasteiger partial charge in [-0.05, 0) is 133 Å². The van der Waals surface area contributed by atoms with Gasteiger partial charge in [-0.3, -0.25) is 9.55 Å². The molecule has 2 heterocycles. The van der Waals surface area contributed by atoms with Gasteiger partial charge in [0.25, 0.3) is 0 Å². The Morgan fingerprint density at radius 3 is 1.83 bits per heavy atom. The first-order valence-electron chi connectivity index (χ1n) is 27.8. The second kappa shape index (κ2) is 16.5. The molecule has 0 radical (unpaired) electrons. The summed E-state index contributed by atoms with van der Waals surface area (Å²) in [6.45, 7) is -0.438. The molecule has 0 unspecified atom stereocenters. The number of rotatable bonds is 7. The molecule has 65 heavy (non-hydrogen) atoms. The van der Waals surface area contributed by atoms with Crippen molar-refractivity contribution in [2.75, 3.05) is 0 Å². The van der Waals surface area contributed by atoms with E-state index in [1.165, 1.54) is 18.2 Å². The van der Waals surface area contributed by atoms with Crippen LogP contribution in [0.4, 0.5) is 0 Å². The number of aryl methyl sites for hydroxylation is 1. The van der Waals surface area contributed by atoms with Crippen LogP contribution in [-0.4, -0.2) is 19.6 Å². The molecule has 9 aromatic rings. The van der Waals surface area contributed by atoms with Gasteiger partial charge in [0.1, 0.15) is 11.6 Å². The smallest absolute Gasteiger partial charge is 0.149 e. The molecule has 4 nitrogen and oxygen atoms in total. The van der Waals surface area contributed by atoms with Crippen LogP contribution in [0.5, 0.6) is 5.75 Å². The number of phenols is 1. The maximum atomic E-state index is 12.5. The number of para-hydroxylation sites is 1. The third kappa shape index (κ3) is 8.54. The van der Waals surface area contributed by atoms with Crippen molar-refractivity contribution in [3.05, 3.63) is 192 Å². The lowest BCUT2D eigenvalue weighted by atomic mass is 9.79. The molecule has 0 amide bonds. The zero-order valence-electron chi connectivity index (χ0n) is 49.5. The standard InChI is InChI=1S/C61H59N3O/c1-39-31-43(40-19-13-11-14-20-40)27-28-54(39)64-55-26-18-25-50(56(55)63-58(64)51-37-49(60(5,6)7)38-52(57(51)65)61(8,9)10)46-32-45(41-21-15-12-16-22-41)33-47(34-46)53-36-44(29-30-62-53)42-23-17-24-48(35-42)59(2,3)4/h11-38,65H,1-10H3/i1D3,2D3,3D3,4D3. The zero-order valence-corrected chi connectivity index (χ0v) is 37.5. The Morgan fingerprint density at radius 1 is 0.492 bits per heavy atom. The molecule has 0 aliphatic heterocycles. The highest BCUT2D eigenvalue weighted by molar-refractivity contribution is 5.98. The number of benzene rings is 7. The Balaban J connectivity index is 1.31. The van der Waals surface area contributed by atoms with Gasteiger partial charge < -0.3 is 5.11 Å². The van der Waals surface area contributed by atoms with Crippen LogP contribution >= 0.6 is 0 Å². The average Bonchev–Trinajstić information content (AvgIpc) is 3.75. The number of hydrogen-bond acceptors (Lipinski definition) is 3. The summed E-state index contributed by atoms with van der Waals surface area (Å²) in [5.41, 5.74) is 6.09. The Bertz CT molecular complexity index is 3640. The predicted octanol–water partition coefficient (Wildman–Crippen LogP) is 16.3. The minimum Gasteiger partial charge on any atom is -0.507 e. The summed E-state index contributed by atoms with van der Waals surface area (Å²) in [5.74, 6) is 0.376. The number of phenolic OH excluding ortho intramolecular Hbond substituents is 1. The lowest BCUT2D eigenvalue weighted by Crippen LogP contribution is -2.17. The molecule has 7 aromatic carbocycles. The van der Waals surface area contributed by atoms with E-state index in [2.05, 4.69) is 26.8 Å². The van der Waals surface area contributed by atoms with Crippen LogP contribution in [-0.2, 0) is 16.2 Å². The average molecular weight is 862 g/mol. The normalized spacial score (nSPS) is 15.7. The van der Waals surface area contributed by atoms with Crippen LogP contribution in [0, 0.1) is 6.85 Å². The summed E-state index contributed by atoms with van der Waals surface area (Å²) >= 11 is 0. The Morgan fingerprint density at radius 2 is 1.14 bits per heavy atom. The van der Waals surface area contributed by atoms with Crippen LogP contribution in [0.25, 0.3) is 83.9 Å². The van der Waals surface area contributed by atoms with E-state index in [0.717, 1.165) is 33.4 Å². The van der Waals surface area contributed by atoms with Crippen molar-refractivity contribution in [1.29, 1.82) is 0 Å². The monoisotopic (exact) mass is 862 g/mol. The molecule has 2 aromatic heterocycles. The molecule has 9 rings (SSSR count). The minimum absolute atomic E-state index is 0.0331. The molecule has 0 bridgehead atoms. The summed E-state index contributed by atoms with van der Waals surface area (Å²) in [6, 6.07) is 49.8. The number of fused-ring (bicyclic) bond motifs is 1. The predicted molar refractivity (Wildman–Crippen MR) is 274 cm³/mol. The van der Waals surface area contributed by atoms with Gasteiger partial charge in [0.05, 0.1) is 28.0 Å². The molecule has 1 N–H and O–H groups in total. The van der Waals surface area contributed by atoms with Gasteiger partial charge >= 0.3 is 0 Å². The fourth-order valence-electron chi connectivity index (χ4n) is 8.54. The highest BCUT2D eigenvalue weighted by Crippen LogP contribution is 2.45. The molecular formula is C61H59N3O. The van der Waals surface area contributed by atoms with Gasteiger partial charge in [-0.1, -0.05) is 171 Å². The largest absolute Gasteiger partial charge is 0.507 e. The Labute approximate surface area is 402 Å². The number of aromatic nitrogens is 3. The van der Waals surface area contributed by atoms with E-state index >= 15 is 0 Å². The maximum Gasteiger partial charge on any atom is 0.149 e. The first-order valence-corrected chi connectivity index (χ1v) is 21.8. The molecule has 0 aliphatic carbocycles. The van der Waals surface area contributed by atoms with Crippen molar-refractivity contribution in [2.24, 2.45) is 0 Å². The van der Waals surface area contributed by atoms with Gasteiger partial charge in [-0.2, -0.15) is 0 Å². The highest BCUT2D eigenvalue weighted by Gasteiger charge is 2.29. The summed E-state index contributed by atoms with van der Waals surface area (Å²) in [7, 11) is 0. The number of pyridine rings is 1. The van der Waals surface area contributed by atoms with E-state index in [9.17, 15) is 5.11 Å². The third-order valence-electron chi connectivity index (χ3n) is 12.1. The first kappa shape index (κ1) is 30.9. The summed E-state index contributed by atoms with van der Waals surface area (Å²) < 4.78 is 104. The highest BCUT2D eigenvalue weighted by atomic mass is 16.3. The Kier molecular flexibility index (Phi) is 7.86. The van der Waals surface area contributed by atoms with Gasteiger partial charge in [0.15, 0.2) is 0 Å². The van der Waals surface area contributed by atoms with E-state index < -0.39 is 38.2 Å². The van der Waals surface area contributed by atoms with E-state index in [1.54, 1.807) is 30.5 Å². The third-order valence-corrected chi connectivity index (χ3v) is 12.1. The minimum atomic E-state index is -3.43. The molecule has 0 aliphatic rings. The second-order valence-corrected chi connectivity index (χ2v) is 18.9. The van der Waals surface area contributed by atoms with Crippen molar-refractivity contribution in [1.82, 2.24) is 14.5 Å². The number of hydrogen-bond donors (Lipinski definition) is 1. The van der Waals surface area contributed by atoms with Crippen LogP contribution in [0.1, 0.15) is 101 Å². The zero-order chi connectivity index (χ0) is 55.8. The molecule has 0 atom stereocenters. The van der Waals surface area contributed by atoms with Crippen molar-refractivity contribution in [3.63, 3.8) is 0 Å². The van der Waals surface area contributed by atoms with Crippen LogP contribution in [0.2, 0.25) is 0 Å². The lowest BCUT2D eigenvalue weighted by molar-refractivity contribution is 0.446. The van der Waals surface area contributed by atoms with E-state index in [4.69, 9.17) is 26.4 Å². The number of nitrogens with zero attached hydrogens (tertiary/aromatic N) is 3. The van der Waals surface area contributed by atoms with Crippen molar-refractivity contribution in [2.45, 2.75) is 85.2 Å². The van der Waals surface area contributed by atoms with Crippen LogP contribution < -0.4 is 0 Å². The van der Waals surface area contributed by atoms with Crippen LogP contribution in [0.15, 0.2) is 170 Å². The van der Waals surface area contributed by atoms with Gasteiger partial charge in [-0.25, -0.2) is 4.98 Å². The SMILES string of the molecule is [2H]C([2H])([2H])c1cc(-c2ccccc2)ccc1-n1c(-c2cc(C(C)(C)C)cc(C(C)(C)C)c2O)nc2c(-c3cc(-c4ccccc4)cc(-c4cc(-c5cccc(C(C([2H])([2H])[2H])(C([2H])([2H])[2H])C([2H])([2H])[2H])c5)ccn4)c3)cccc21. The molecule has 4 heteroatoms. The molecular weight excluding hydrogens is 791 g/mol. The van der Waals surface area contributed by atoms with Gasteiger partial charge in [0.2, 0.25) is 0 Å². The van der Waals surface area contributed by atoms with Crippen LogP contribution in [0.3, 0.4) is 0 Å². The second-order valence-electron chi connectivity index (χ2n) is 18.9. The van der Waals surface area contributed by atoms with E-state index in [1.807, 2.05) is 141 Å². The quantitative estimate of drug-likeness (QED) is 0.174. The summed E-state index contributed by atoms with van der Waals surface area (Å²) in [4.78, 5) is 10.3. The van der Waals surface area contributed by atoms with Gasteiger partial charge in [0, 0.05) is 39.3 Å². The number of imidazole rings is 1. The van der Waals surface area contributed by atoms with Crippen molar-refractivity contribution < 1.29 is 21.6 Å². The fourth-order valence-corrected chi connectivity index (χ4v) is 8.54. The molecule has 0 saturated carbocycles. The van der Waals surface area contributed by atoms with E-state index in [-0.39, 0.29) is 22.3 Å². The summed E-state index contributed by atoms with van der Waals surface area (Å²) in [5, 5.41) is 12.5. The van der Waals surface area contributed by atoms with Crippen molar-refractivity contribution in [3.8, 4) is 78.6 Å². The lowest BCUT2D eigenvalue weighted by Gasteiger charge is -2.27. The number of aromatic hydroxyl groups is 1. The van der Waals surface area contributed by atoms with E-state index in [0.29, 0.717) is 61.6 Å². The topological polar surface area (TPSA) is 50.9 Å². The molecule has 0 fully saturated rings. The first-order chi connectivity index (χ1) is 35.9. The van der Waals surface area contributed by atoms with Crippen molar-refractivity contribution >= 4 is 11.0 Å². The maximum absolute atomic E-state index is 12.5. The molecule has 0 saturated heterocycles. The Hall–Kier alpha value is -7.04. The molecule has 324 valence electrons.